The molecule has 46 heavy (non-hydrogen) atoms. The number of ether oxygens (including phenoxy) is 1. The molecule has 2 fully saturated rings. The van der Waals surface area contributed by atoms with Crippen LogP contribution in [-0.2, 0) is 39.0 Å². The lowest BCUT2D eigenvalue weighted by atomic mass is 10.1. The topological polar surface area (TPSA) is 125 Å². The monoisotopic (exact) mass is 707 g/mol. The number of nitrogens with zero attached hydrogens (tertiary/aromatic N) is 4. The Morgan fingerprint density at radius 2 is 1.65 bits per heavy atom. The van der Waals surface area contributed by atoms with E-state index in [0.29, 0.717) is 23.6 Å². The van der Waals surface area contributed by atoms with E-state index in [1.807, 2.05) is 16.7 Å². The molecule has 2 aliphatic rings. The van der Waals surface area contributed by atoms with E-state index in [9.17, 15) is 0 Å². The van der Waals surface area contributed by atoms with Gasteiger partial charge in [-0.25, -0.2) is 15.0 Å². The molecular weight excluding hydrogens is 658 g/mol. The molecule has 2 aromatic heterocycles. The van der Waals surface area contributed by atoms with Crippen molar-refractivity contribution in [2.75, 3.05) is 18.9 Å². The maximum Gasteiger partial charge on any atom is 0.328 e. The molecule has 1 aromatic carbocycles. The zero-order valence-electron chi connectivity index (χ0n) is 28.9. The number of benzene rings is 1. The fourth-order valence-electron chi connectivity index (χ4n) is 5.06. The molecule has 0 spiro atoms. The summed E-state index contributed by atoms with van der Waals surface area (Å²) in [6.45, 7) is 21.7. The van der Waals surface area contributed by atoms with E-state index in [1.54, 1.807) is 6.33 Å². The average Bonchev–Trinajstić information content (AvgIpc) is 3.63. The van der Waals surface area contributed by atoms with Gasteiger partial charge in [0.25, 0.3) is 0 Å². The number of aryl methyl sites for hydroxylation is 1. The highest BCUT2D eigenvalue weighted by molar-refractivity contribution is 8.07. The first kappa shape index (κ1) is 35.7. The molecule has 0 bridgehead atoms. The molecule has 15 heteroatoms. The van der Waals surface area contributed by atoms with E-state index in [2.05, 4.69) is 102 Å². The Morgan fingerprint density at radius 3 is 2.28 bits per heavy atom. The average molecular weight is 708 g/mol. The third-order valence-electron chi connectivity index (χ3n) is 9.87. The van der Waals surface area contributed by atoms with Gasteiger partial charge in [0.15, 0.2) is 34.3 Å². The lowest BCUT2D eigenvalue weighted by Crippen LogP contribution is -2.54. The molecule has 11 nitrogen and oxygen atoms in total. The highest BCUT2D eigenvalue weighted by atomic mass is 32.5. The third-order valence-corrected chi connectivity index (χ3v) is 21.2. The van der Waals surface area contributed by atoms with Crippen molar-refractivity contribution in [3.8, 4) is 0 Å². The Bertz CT molecular complexity index is 1610. The standard InChI is InChI=1S/C31H50N5O6PSSi2/c1-20-13-12-14-21(15-20)22-16-37-43(44,40-22)38-17-23-25(41-45(8,9)30(2,3)4)26(42-46(10,11)31(5,6)7)29(39-23)36-19-35-24-27(32)33-18-34-28(24)36/h12-15,18-19,22-23,25-26,29H,16-17H2,1-11H3,(H2,32,33,34)/t22?,23-,25-,26-,29-,43?/m1/s1. The Hall–Kier alpha value is -1.59. The van der Waals surface area contributed by atoms with Gasteiger partial charge in [-0.15, -0.1) is 0 Å². The van der Waals surface area contributed by atoms with Gasteiger partial charge < -0.3 is 28.4 Å². The molecule has 0 aliphatic carbocycles. The molecule has 2 aliphatic heterocycles. The first-order valence-corrected chi connectivity index (χ1v) is 24.2. The molecule has 4 heterocycles. The number of nitrogen functional groups attached to an aromatic ring is 1. The van der Waals surface area contributed by atoms with Crippen molar-refractivity contribution >= 4 is 52.1 Å². The Labute approximate surface area is 280 Å². The first-order valence-electron chi connectivity index (χ1n) is 15.8. The van der Waals surface area contributed by atoms with E-state index in [-0.39, 0.29) is 22.8 Å². The number of nitrogens with two attached hydrogens (primary N) is 1. The second-order valence-electron chi connectivity index (χ2n) is 15.4. The molecular formula is C31H50N5O6PSSi2. The lowest BCUT2D eigenvalue weighted by Gasteiger charge is -2.44. The van der Waals surface area contributed by atoms with Crippen LogP contribution in [0.1, 0.15) is 65.0 Å². The second-order valence-corrected chi connectivity index (χ2v) is 27.9. The number of anilines is 1. The summed E-state index contributed by atoms with van der Waals surface area (Å²) >= 11 is 5.86. The fourth-order valence-corrected chi connectivity index (χ4v) is 9.68. The number of rotatable bonds is 9. The van der Waals surface area contributed by atoms with Crippen molar-refractivity contribution in [2.24, 2.45) is 0 Å². The van der Waals surface area contributed by atoms with Gasteiger partial charge >= 0.3 is 6.72 Å². The van der Waals surface area contributed by atoms with Crippen LogP contribution in [0.3, 0.4) is 0 Å². The summed E-state index contributed by atoms with van der Waals surface area (Å²) in [7, 11) is -4.69. The van der Waals surface area contributed by atoms with Crippen LogP contribution in [0, 0.1) is 6.92 Å². The van der Waals surface area contributed by atoms with Crippen molar-refractivity contribution in [2.45, 2.75) is 115 Å². The van der Waals surface area contributed by atoms with Crippen LogP contribution in [0.2, 0.25) is 36.3 Å². The van der Waals surface area contributed by atoms with Crippen molar-refractivity contribution in [3.63, 3.8) is 0 Å². The quantitative estimate of drug-likeness (QED) is 0.176. The fraction of sp³-hybridized carbons (Fsp3) is 0.645. The number of hydrogen-bond acceptors (Lipinski definition) is 11. The third kappa shape index (κ3) is 7.21. The molecule has 0 amide bonds. The Kier molecular flexibility index (Phi) is 9.86. The second kappa shape index (κ2) is 12.7. The van der Waals surface area contributed by atoms with E-state index in [4.69, 9.17) is 44.7 Å². The van der Waals surface area contributed by atoms with Crippen LogP contribution in [0.5, 0.6) is 0 Å². The van der Waals surface area contributed by atoms with Gasteiger partial charge in [0, 0.05) is 0 Å². The van der Waals surface area contributed by atoms with Crippen LogP contribution in [0.15, 0.2) is 36.9 Å². The van der Waals surface area contributed by atoms with Crippen molar-refractivity contribution in [1.82, 2.24) is 19.5 Å². The maximum atomic E-state index is 7.22. The van der Waals surface area contributed by atoms with Gasteiger partial charge in [0.1, 0.15) is 36.3 Å². The van der Waals surface area contributed by atoms with Gasteiger partial charge in [-0.3, -0.25) is 9.09 Å². The van der Waals surface area contributed by atoms with E-state index >= 15 is 0 Å². The molecule has 2 unspecified atom stereocenters. The number of fused-ring (bicyclic) bond motifs is 1. The van der Waals surface area contributed by atoms with E-state index in [0.717, 1.165) is 11.1 Å². The number of hydrogen-bond donors (Lipinski definition) is 1. The highest BCUT2D eigenvalue weighted by Gasteiger charge is 2.55. The van der Waals surface area contributed by atoms with Crippen molar-refractivity contribution < 1.29 is 27.2 Å². The molecule has 0 radical (unpaired) electrons. The summed E-state index contributed by atoms with van der Waals surface area (Å²) in [5.74, 6) is 0.300. The maximum absolute atomic E-state index is 7.22. The highest BCUT2D eigenvalue weighted by Crippen LogP contribution is 2.59. The van der Waals surface area contributed by atoms with Gasteiger partial charge in [0.05, 0.1) is 19.5 Å². The van der Waals surface area contributed by atoms with Crippen LogP contribution < -0.4 is 5.73 Å². The summed E-state index contributed by atoms with van der Waals surface area (Å²) in [6.07, 6.45) is 0.683. The minimum absolute atomic E-state index is 0.0632. The molecule has 0 saturated carbocycles. The van der Waals surface area contributed by atoms with Crippen LogP contribution >= 0.6 is 6.72 Å². The summed E-state index contributed by atoms with van der Waals surface area (Å²) in [4.78, 5) is 13.2. The van der Waals surface area contributed by atoms with Crippen molar-refractivity contribution in [1.29, 1.82) is 0 Å². The van der Waals surface area contributed by atoms with Crippen LogP contribution in [0.25, 0.3) is 11.2 Å². The van der Waals surface area contributed by atoms with Gasteiger partial charge in [-0.05, 0) is 60.6 Å². The lowest BCUT2D eigenvalue weighted by molar-refractivity contribution is -0.0468. The van der Waals surface area contributed by atoms with Crippen LogP contribution in [0.4, 0.5) is 5.82 Å². The molecule has 5 rings (SSSR count). The first-order chi connectivity index (χ1) is 21.2. The minimum atomic E-state index is -3.06. The van der Waals surface area contributed by atoms with Gasteiger partial charge in [-0.2, -0.15) is 0 Å². The van der Waals surface area contributed by atoms with Gasteiger partial charge in [-0.1, -0.05) is 71.4 Å². The smallest absolute Gasteiger partial charge is 0.328 e. The Balaban J connectivity index is 1.50. The van der Waals surface area contributed by atoms with E-state index < -0.39 is 47.9 Å². The van der Waals surface area contributed by atoms with Crippen LogP contribution in [-0.4, -0.2) is 67.7 Å². The van der Waals surface area contributed by atoms with E-state index in [1.165, 1.54) is 6.33 Å². The molecule has 2 N–H and O–H groups in total. The predicted octanol–water partition coefficient (Wildman–Crippen LogP) is 7.42. The number of imidazole rings is 1. The normalized spacial score (nSPS) is 27.9. The summed E-state index contributed by atoms with van der Waals surface area (Å²) in [5.41, 5.74) is 9.40. The zero-order chi connectivity index (χ0) is 33.9. The summed E-state index contributed by atoms with van der Waals surface area (Å²) in [6, 6.07) is 8.16. The summed E-state index contributed by atoms with van der Waals surface area (Å²) < 4.78 is 41.9. The number of aromatic nitrogens is 4. The zero-order valence-corrected chi connectivity index (χ0v) is 32.6. The Morgan fingerprint density at radius 1 is 1.00 bits per heavy atom. The SMILES string of the molecule is Cc1cccc(C2COP(=S)(OC[C@H]3O[C@@H](n4cnc5c(N)ncnc54)[C@H](O[Si](C)(C)C(C)(C)C)[C@@H]3O[Si](C)(C)C(C)(C)C)O2)c1. The molecule has 254 valence electrons. The van der Waals surface area contributed by atoms with Gasteiger partial charge in [0.2, 0.25) is 0 Å². The molecule has 2 saturated heterocycles. The molecule has 3 aromatic rings. The minimum Gasteiger partial charge on any atom is -0.408 e. The summed E-state index contributed by atoms with van der Waals surface area (Å²) in [5, 5.41) is -0.129. The molecule has 6 atom stereocenters. The van der Waals surface area contributed by atoms with Crippen molar-refractivity contribution in [3.05, 3.63) is 48.0 Å². The predicted molar refractivity (Wildman–Crippen MR) is 189 cm³/mol. The largest absolute Gasteiger partial charge is 0.408 e.